The molecule has 136 valence electrons. The molecule has 1 amide bonds. The number of carbonyl (C=O) groups is 2. The fourth-order valence-corrected chi connectivity index (χ4v) is 3.18. The minimum atomic E-state index is -0.681. The van der Waals surface area contributed by atoms with E-state index in [-0.39, 0.29) is 18.2 Å². The molecule has 6 nitrogen and oxygen atoms in total. The summed E-state index contributed by atoms with van der Waals surface area (Å²) in [5, 5.41) is 3.74. The van der Waals surface area contributed by atoms with E-state index in [0.29, 0.717) is 12.3 Å². The first-order chi connectivity index (χ1) is 13.2. The number of nitrogens with zero attached hydrogens (tertiary/aromatic N) is 2. The molecular formula is C21H18N2O4. The Hall–Kier alpha value is -3.41. The van der Waals surface area contributed by atoms with Gasteiger partial charge in [-0.25, -0.2) is 4.79 Å². The molecule has 6 heteroatoms. The topological polar surface area (TPSA) is 72.6 Å². The van der Waals surface area contributed by atoms with Crippen molar-refractivity contribution in [2.75, 3.05) is 18.1 Å². The second-order valence-electron chi connectivity index (χ2n) is 6.30. The lowest BCUT2D eigenvalue weighted by Crippen LogP contribution is -2.38. The van der Waals surface area contributed by atoms with Gasteiger partial charge in [0.25, 0.3) is 5.91 Å². The number of benzene rings is 2. The number of amides is 1. The van der Waals surface area contributed by atoms with Crippen molar-refractivity contribution in [1.29, 1.82) is 0 Å². The largest absolute Gasteiger partial charge is 0.451 e. The fraction of sp³-hybridized carbons (Fsp3) is 0.190. The number of carbonyl (C=O) groups excluding carboxylic acids is 2. The Morgan fingerprint density at radius 1 is 1.07 bits per heavy atom. The number of hydrogen-bond acceptors (Lipinski definition) is 5. The number of hydrogen-bond donors (Lipinski definition) is 0. The Labute approximate surface area is 156 Å². The molecule has 0 bridgehead atoms. The van der Waals surface area contributed by atoms with Crippen molar-refractivity contribution < 1.29 is 18.8 Å². The maximum Gasteiger partial charge on any atom is 0.361 e. The molecule has 0 saturated carbocycles. The van der Waals surface area contributed by atoms with Crippen molar-refractivity contribution in [1.82, 2.24) is 5.16 Å². The first kappa shape index (κ1) is 17.0. The van der Waals surface area contributed by atoms with Crippen LogP contribution in [0.25, 0.3) is 11.3 Å². The standard InChI is InChI=1S/C21H18N2O4/c24-20(23-12-6-10-15-7-4-5-11-18(15)23)14-26-21(25)17-13-19(27-22-17)16-8-2-1-3-9-16/h1-5,7-9,11,13H,6,10,12,14H2. The maximum absolute atomic E-state index is 12.5. The van der Waals surface area contributed by atoms with Gasteiger partial charge in [0.05, 0.1) is 0 Å². The number of aromatic nitrogens is 1. The summed E-state index contributed by atoms with van der Waals surface area (Å²) in [4.78, 5) is 26.4. The van der Waals surface area contributed by atoms with Gasteiger partial charge in [-0.15, -0.1) is 0 Å². The number of fused-ring (bicyclic) bond motifs is 1. The fourth-order valence-electron chi connectivity index (χ4n) is 3.18. The van der Waals surface area contributed by atoms with Crippen LogP contribution in [-0.4, -0.2) is 30.2 Å². The smallest absolute Gasteiger partial charge is 0.361 e. The van der Waals surface area contributed by atoms with Crippen molar-refractivity contribution in [2.24, 2.45) is 0 Å². The highest BCUT2D eigenvalue weighted by atomic mass is 16.5. The van der Waals surface area contributed by atoms with E-state index < -0.39 is 5.97 Å². The van der Waals surface area contributed by atoms with E-state index in [9.17, 15) is 9.59 Å². The van der Waals surface area contributed by atoms with Gasteiger partial charge in [-0.2, -0.15) is 0 Å². The zero-order valence-electron chi connectivity index (χ0n) is 14.6. The van der Waals surface area contributed by atoms with Gasteiger partial charge in [0.2, 0.25) is 0 Å². The highest BCUT2D eigenvalue weighted by Crippen LogP contribution is 2.26. The van der Waals surface area contributed by atoms with E-state index in [0.717, 1.165) is 29.7 Å². The summed E-state index contributed by atoms with van der Waals surface area (Å²) in [6.45, 7) is 0.288. The molecule has 0 fully saturated rings. The molecule has 0 atom stereocenters. The quantitative estimate of drug-likeness (QED) is 0.665. The van der Waals surface area contributed by atoms with Crippen molar-refractivity contribution in [3.63, 3.8) is 0 Å². The van der Waals surface area contributed by atoms with E-state index >= 15 is 0 Å². The summed E-state index contributed by atoms with van der Waals surface area (Å²) in [5.41, 5.74) is 2.87. The second kappa shape index (κ2) is 7.45. The number of rotatable bonds is 4. The normalized spacial score (nSPS) is 13.1. The van der Waals surface area contributed by atoms with Crippen LogP contribution in [0, 0.1) is 0 Å². The molecule has 0 saturated heterocycles. The van der Waals surface area contributed by atoms with Crippen LogP contribution in [0.15, 0.2) is 65.2 Å². The monoisotopic (exact) mass is 362 g/mol. The van der Waals surface area contributed by atoms with E-state index in [1.165, 1.54) is 6.07 Å². The van der Waals surface area contributed by atoms with Crippen LogP contribution < -0.4 is 4.90 Å². The lowest BCUT2D eigenvalue weighted by Gasteiger charge is -2.29. The predicted octanol–water partition coefficient (Wildman–Crippen LogP) is 3.48. The highest BCUT2D eigenvalue weighted by molar-refractivity contribution is 5.97. The van der Waals surface area contributed by atoms with Gasteiger partial charge in [0, 0.05) is 23.9 Å². The molecule has 4 rings (SSSR count). The van der Waals surface area contributed by atoms with Crippen LogP contribution in [0.1, 0.15) is 22.5 Å². The molecular weight excluding hydrogens is 344 g/mol. The van der Waals surface area contributed by atoms with Crippen molar-refractivity contribution in [2.45, 2.75) is 12.8 Å². The molecule has 1 aromatic heterocycles. The lowest BCUT2D eigenvalue weighted by atomic mass is 10.0. The third-order valence-electron chi connectivity index (χ3n) is 4.52. The minimum Gasteiger partial charge on any atom is -0.451 e. The van der Waals surface area contributed by atoms with Gasteiger partial charge in [-0.3, -0.25) is 4.79 Å². The number of ether oxygens (including phenoxy) is 1. The molecule has 2 heterocycles. The molecule has 0 radical (unpaired) electrons. The number of esters is 1. The summed E-state index contributed by atoms with van der Waals surface area (Å²) in [6, 6.07) is 18.6. The molecule has 0 aliphatic carbocycles. The summed E-state index contributed by atoms with van der Waals surface area (Å²) in [6.07, 6.45) is 1.83. The zero-order chi connectivity index (χ0) is 18.6. The molecule has 27 heavy (non-hydrogen) atoms. The Morgan fingerprint density at radius 2 is 1.85 bits per heavy atom. The van der Waals surface area contributed by atoms with Gasteiger partial charge in [-0.1, -0.05) is 53.7 Å². The summed E-state index contributed by atoms with van der Waals surface area (Å²) < 4.78 is 10.3. The SMILES string of the molecule is O=C(OCC(=O)N1CCCc2ccccc21)c1cc(-c2ccccc2)on1. The first-order valence-corrected chi connectivity index (χ1v) is 8.80. The van der Waals surface area contributed by atoms with Crippen LogP contribution in [0.3, 0.4) is 0 Å². The number of anilines is 1. The van der Waals surface area contributed by atoms with E-state index in [4.69, 9.17) is 9.26 Å². The molecule has 3 aromatic rings. The lowest BCUT2D eigenvalue weighted by molar-refractivity contribution is -0.121. The maximum atomic E-state index is 12.5. The zero-order valence-corrected chi connectivity index (χ0v) is 14.6. The second-order valence-corrected chi connectivity index (χ2v) is 6.30. The van der Waals surface area contributed by atoms with Crippen LogP contribution in [0.2, 0.25) is 0 Å². The third-order valence-corrected chi connectivity index (χ3v) is 4.52. The van der Waals surface area contributed by atoms with Crippen LogP contribution >= 0.6 is 0 Å². The molecule has 0 N–H and O–H groups in total. The van der Waals surface area contributed by atoms with Crippen LogP contribution in [0.4, 0.5) is 5.69 Å². The van der Waals surface area contributed by atoms with Gasteiger partial charge < -0.3 is 14.2 Å². The number of para-hydroxylation sites is 1. The highest BCUT2D eigenvalue weighted by Gasteiger charge is 2.24. The van der Waals surface area contributed by atoms with Crippen molar-refractivity contribution in [3.05, 3.63) is 71.9 Å². The Kier molecular flexibility index (Phi) is 4.70. The van der Waals surface area contributed by atoms with Gasteiger partial charge >= 0.3 is 5.97 Å². The Morgan fingerprint density at radius 3 is 2.70 bits per heavy atom. The summed E-state index contributed by atoms with van der Waals surface area (Å²) in [5.74, 6) is -0.458. The van der Waals surface area contributed by atoms with Crippen LogP contribution in [0.5, 0.6) is 0 Å². The van der Waals surface area contributed by atoms with E-state index in [1.54, 1.807) is 4.90 Å². The Balaban J connectivity index is 1.40. The van der Waals surface area contributed by atoms with Gasteiger partial charge in [0.15, 0.2) is 18.1 Å². The van der Waals surface area contributed by atoms with Crippen LogP contribution in [-0.2, 0) is 16.0 Å². The predicted molar refractivity (Wildman–Crippen MR) is 99.3 cm³/mol. The molecule has 0 spiro atoms. The average Bonchev–Trinajstić information content (AvgIpc) is 3.22. The van der Waals surface area contributed by atoms with Gasteiger partial charge in [-0.05, 0) is 24.5 Å². The third kappa shape index (κ3) is 3.60. The number of aryl methyl sites for hydroxylation is 1. The molecule has 2 aromatic carbocycles. The van der Waals surface area contributed by atoms with Gasteiger partial charge in [0.1, 0.15) is 0 Å². The summed E-state index contributed by atoms with van der Waals surface area (Å²) >= 11 is 0. The first-order valence-electron chi connectivity index (χ1n) is 8.80. The molecule has 0 unspecified atom stereocenters. The Bertz CT molecular complexity index is 965. The average molecular weight is 362 g/mol. The van der Waals surface area contributed by atoms with E-state index in [2.05, 4.69) is 5.16 Å². The molecule has 1 aliphatic heterocycles. The van der Waals surface area contributed by atoms with Crippen molar-refractivity contribution in [3.8, 4) is 11.3 Å². The van der Waals surface area contributed by atoms with Crippen molar-refractivity contribution >= 4 is 17.6 Å². The van der Waals surface area contributed by atoms with E-state index in [1.807, 2.05) is 54.6 Å². The summed E-state index contributed by atoms with van der Waals surface area (Å²) in [7, 11) is 0. The minimum absolute atomic E-state index is 0.0423. The molecule has 1 aliphatic rings.